The summed E-state index contributed by atoms with van der Waals surface area (Å²) in [5.74, 6) is 1.93. The molecule has 1 aliphatic heterocycles. The van der Waals surface area contributed by atoms with Gasteiger partial charge in [0.2, 0.25) is 0 Å². The highest BCUT2D eigenvalue weighted by atomic mass is 15.3. The lowest BCUT2D eigenvalue weighted by molar-refractivity contribution is 0.478. The van der Waals surface area contributed by atoms with Crippen LogP contribution in [0.15, 0.2) is 25.0 Å². The minimum absolute atomic E-state index is 0.467. The first-order chi connectivity index (χ1) is 11.7. The number of anilines is 2. The molecule has 1 saturated heterocycles. The van der Waals surface area contributed by atoms with Crippen LogP contribution in [0.25, 0.3) is 11.2 Å². The second-order valence-electron chi connectivity index (χ2n) is 6.15. The van der Waals surface area contributed by atoms with Crippen LogP contribution in [0.1, 0.15) is 18.5 Å². The standard InChI is InChI=1S/C16H20N8/c1-11-7-13(18-8-17-11)23(2)12-3-5-24(6-4-12)16-14-15(20-9-19-14)21-10-22-16/h7-10,12H,3-6H2,1-2H3,(H,19,20,21,22). The number of rotatable bonds is 3. The Morgan fingerprint density at radius 2 is 1.88 bits per heavy atom. The Balaban J connectivity index is 1.48. The number of aromatic nitrogens is 6. The number of imidazole rings is 1. The molecule has 1 aliphatic rings. The minimum atomic E-state index is 0.467. The van der Waals surface area contributed by atoms with Gasteiger partial charge in [-0.25, -0.2) is 24.9 Å². The fraction of sp³-hybridized carbons (Fsp3) is 0.438. The number of nitrogens with zero attached hydrogens (tertiary/aromatic N) is 7. The van der Waals surface area contributed by atoms with Gasteiger partial charge < -0.3 is 14.8 Å². The Labute approximate surface area is 140 Å². The third-order valence-electron chi connectivity index (χ3n) is 4.67. The number of hydrogen-bond donors (Lipinski definition) is 1. The molecule has 0 bridgehead atoms. The predicted octanol–water partition coefficient (Wildman–Crippen LogP) is 1.56. The summed E-state index contributed by atoms with van der Waals surface area (Å²) in [6, 6.07) is 2.50. The van der Waals surface area contributed by atoms with E-state index in [1.54, 1.807) is 19.0 Å². The summed E-state index contributed by atoms with van der Waals surface area (Å²) in [4.78, 5) is 29.1. The Morgan fingerprint density at radius 1 is 1.08 bits per heavy atom. The highest BCUT2D eigenvalue weighted by molar-refractivity contribution is 5.82. The topological polar surface area (TPSA) is 86.7 Å². The number of hydrogen-bond acceptors (Lipinski definition) is 7. The number of fused-ring (bicyclic) bond motifs is 1. The first kappa shape index (κ1) is 14.8. The third kappa shape index (κ3) is 2.64. The van der Waals surface area contributed by atoms with Gasteiger partial charge in [0.25, 0.3) is 0 Å². The first-order valence-corrected chi connectivity index (χ1v) is 8.13. The van der Waals surface area contributed by atoms with Crippen LogP contribution in [0.2, 0.25) is 0 Å². The molecule has 0 aromatic carbocycles. The van der Waals surface area contributed by atoms with E-state index in [4.69, 9.17) is 0 Å². The van der Waals surface area contributed by atoms with Gasteiger partial charge in [0.05, 0.1) is 6.33 Å². The molecule has 3 aromatic rings. The van der Waals surface area contributed by atoms with Crippen LogP contribution in [0.5, 0.6) is 0 Å². The second-order valence-corrected chi connectivity index (χ2v) is 6.15. The van der Waals surface area contributed by atoms with E-state index >= 15 is 0 Å². The largest absolute Gasteiger partial charge is 0.356 e. The Kier molecular flexibility index (Phi) is 3.72. The molecule has 0 atom stereocenters. The summed E-state index contributed by atoms with van der Waals surface area (Å²) in [7, 11) is 2.11. The summed E-state index contributed by atoms with van der Waals surface area (Å²) in [6.07, 6.45) is 6.99. The molecule has 0 saturated carbocycles. The van der Waals surface area contributed by atoms with Crippen LogP contribution >= 0.6 is 0 Å². The van der Waals surface area contributed by atoms with Gasteiger partial charge in [-0.2, -0.15) is 0 Å². The molecule has 0 amide bonds. The number of piperidine rings is 1. The Bertz CT molecular complexity index is 837. The van der Waals surface area contributed by atoms with Gasteiger partial charge in [0.15, 0.2) is 11.5 Å². The average molecular weight is 324 g/mol. The molecule has 0 radical (unpaired) electrons. The zero-order valence-corrected chi connectivity index (χ0v) is 13.8. The van der Waals surface area contributed by atoms with Crippen LogP contribution in [0.4, 0.5) is 11.6 Å². The second kappa shape index (κ2) is 6.03. The monoisotopic (exact) mass is 324 g/mol. The molecule has 1 fully saturated rings. The zero-order valence-electron chi connectivity index (χ0n) is 13.8. The highest BCUT2D eigenvalue weighted by Crippen LogP contribution is 2.26. The number of nitrogens with one attached hydrogen (secondary N) is 1. The smallest absolute Gasteiger partial charge is 0.182 e. The van der Waals surface area contributed by atoms with Gasteiger partial charge in [-0.1, -0.05) is 0 Å². The molecule has 0 unspecified atom stereocenters. The summed E-state index contributed by atoms with van der Waals surface area (Å²) < 4.78 is 0. The van der Waals surface area contributed by atoms with Crippen molar-refractivity contribution in [3.63, 3.8) is 0 Å². The van der Waals surface area contributed by atoms with Crippen molar-refractivity contribution in [2.75, 3.05) is 29.9 Å². The molecule has 4 rings (SSSR count). The van der Waals surface area contributed by atoms with Crippen LogP contribution in [-0.2, 0) is 0 Å². The molecular weight excluding hydrogens is 304 g/mol. The normalized spacial score (nSPS) is 15.8. The highest BCUT2D eigenvalue weighted by Gasteiger charge is 2.25. The summed E-state index contributed by atoms with van der Waals surface area (Å²) in [5, 5.41) is 0. The van der Waals surface area contributed by atoms with Crippen molar-refractivity contribution in [2.24, 2.45) is 0 Å². The quantitative estimate of drug-likeness (QED) is 0.782. The maximum atomic E-state index is 4.45. The van der Waals surface area contributed by atoms with Gasteiger partial charge in [-0.15, -0.1) is 0 Å². The van der Waals surface area contributed by atoms with E-state index in [9.17, 15) is 0 Å². The average Bonchev–Trinajstić information content (AvgIpc) is 3.10. The summed E-state index contributed by atoms with van der Waals surface area (Å²) >= 11 is 0. The van der Waals surface area contributed by atoms with E-state index in [0.717, 1.165) is 54.4 Å². The maximum absolute atomic E-state index is 4.45. The van der Waals surface area contributed by atoms with E-state index in [-0.39, 0.29) is 0 Å². The van der Waals surface area contributed by atoms with Crippen molar-refractivity contribution in [3.8, 4) is 0 Å². The zero-order chi connectivity index (χ0) is 16.5. The van der Waals surface area contributed by atoms with Crippen LogP contribution in [-0.4, -0.2) is 56.1 Å². The number of H-pyrrole nitrogens is 1. The van der Waals surface area contributed by atoms with Gasteiger partial charge in [-0.05, 0) is 19.8 Å². The lowest BCUT2D eigenvalue weighted by Gasteiger charge is -2.37. The van der Waals surface area contributed by atoms with E-state index in [0.29, 0.717) is 6.04 Å². The SMILES string of the molecule is Cc1cc(N(C)C2CCN(c3ncnc4nc[nH]c34)CC2)ncn1. The maximum Gasteiger partial charge on any atom is 0.182 e. The Morgan fingerprint density at radius 3 is 2.67 bits per heavy atom. The van der Waals surface area contributed by atoms with Gasteiger partial charge in [-0.3, -0.25) is 0 Å². The van der Waals surface area contributed by atoms with E-state index in [2.05, 4.69) is 46.8 Å². The number of aryl methyl sites for hydroxylation is 1. The molecule has 8 nitrogen and oxygen atoms in total. The van der Waals surface area contributed by atoms with E-state index in [1.165, 1.54) is 0 Å². The van der Waals surface area contributed by atoms with Gasteiger partial charge >= 0.3 is 0 Å². The molecule has 3 aromatic heterocycles. The molecule has 0 aliphatic carbocycles. The lowest BCUT2D eigenvalue weighted by atomic mass is 10.0. The lowest BCUT2D eigenvalue weighted by Crippen LogP contribution is -2.44. The van der Waals surface area contributed by atoms with E-state index in [1.807, 2.05) is 13.0 Å². The third-order valence-corrected chi connectivity index (χ3v) is 4.67. The summed E-state index contributed by atoms with van der Waals surface area (Å²) in [5.41, 5.74) is 2.62. The number of aromatic amines is 1. The molecule has 8 heteroatoms. The molecule has 1 N–H and O–H groups in total. The Hall–Kier alpha value is -2.77. The van der Waals surface area contributed by atoms with Crippen LogP contribution in [0.3, 0.4) is 0 Å². The molecule has 4 heterocycles. The summed E-state index contributed by atoms with van der Waals surface area (Å²) in [6.45, 7) is 3.89. The van der Waals surface area contributed by atoms with Crippen molar-refractivity contribution >= 4 is 22.8 Å². The van der Waals surface area contributed by atoms with Crippen molar-refractivity contribution in [1.29, 1.82) is 0 Å². The van der Waals surface area contributed by atoms with Crippen molar-refractivity contribution in [1.82, 2.24) is 29.9 Å². The van der Waals surface area contributed by atoms with Crippen molar-refractivity contribution in [3.05, 3.63) is 30.7 Å². The van der Waals surface area contributed by atoms with E-state index < -0.39 is 0 Å². The van der Waals surface area contributed by atoms with Gasteiger partial charge in [0, 0.05) is 37.9 Å². The van der Waals surface area contributed by atoms with Crippen molar-refractivity contribution in [2.45, 2.75) is 25.8 Å². The van der Waals surface area contributed by atoms with Crippen molar-refractivity contribution < 1.29 is 0 Å². The fourth-order valence-corrected chi connectivity index (χ4v) is 3.28. The van der Waals surface area contributed by atoms with Gasteiger partial charge in [0.1, 0.15) is 24.0 Å². The molecule has 24 heavy (non-hydrogen) atoms. The predicted molar refractivity (Wildman–Crippen MR) is 92.1 cm³/mol. The first-order valence-electron chi connectivity index (χ1n) is 8.13. The van der Waals surface area contributed by atoms with Crippen LogP contribution < -0.4 is 9.80 Å². The minimum Gasteiger partial charge on any atom is -0.356 e. The molecular formula is C16H20N8. The molecule has 0 spiro atoms. The fourth-order valence-electron chi connectivity index (χ4n) is 3.28. The molecule has 124 valence electrons. The van der Waals surface area contributed by atoms with Crippen LogP contribution in [0, 0.1) is 6.92 Å².